The first kappa shape index (κ1) is 29.1. The highest BCUT2D eigenvalue weighted by Crippen LogP contribution is 2.32. The summed E-state index contributed by atoms with van der Waals surface area (Å²) in [4.78, 5) is 27.3. The third kappa shape index (κ3) is 8.21. The fraction of sp³-hybridized carbons (Fsp3) is 0.417. The van der Waals surface area contributed by atoms with Gasteiger partial charge < -0.3 is 10.2 Å². The van der Waals surface area contributed by atoms with Crippen molar-refractivity contribution in [2.24, 2.45) is 0 Å². The van der Waals surface area contributed by atoms with Crippen LogP contribution in [-0.4, -0.2) is 49.5 Å². The number of amides is 2. The summed E-state index contributed by atoms with van der Waals surface area (Å²) in [6.45, 7) is 5.64. The van der Waals surface area contributed by atoms with E-state index in [0.717, 1.165) is 29.4 Å². The van der Waals surface area contributed by atoms with Crippen LogP contribution in [0.2, 0.25) is 0 Å². The fourth-order valence-electron chi connectivity index (χ4n) is 3.29. The van der Waals surface area contributed by atoms with Crippen LogP contribution in [0.4, 0.5) is 23.2 Å². The van der Waals surface area contributed by atoms with Gasteiger partial charge in [0.2, 0.25) is 21.8 Å². The van der Waals surface area contributed by atoms with Gasteiger partial charge in [-0.1, -0.05) is 18.2 Å². The van der Waals surface area contributed by atoms with Gasteiger partial charge in [0.15, 0.2) is 0 Å². The topological polar surface area (TPSA) is 86.8 Å². The number of carbonyl (C=O) groups is 2. The van der Waals surface area contributed by atoms with Crippen LogP contribution >= 0.6 is 0 Å². The number of hydrogen-bond donors (Lipinski definition) is 1. The zero-order valence-corrected chi connectivity index (χ0v) is 21.4. The minimum atomic E-state index is -4.72. The van der Waals surface area contributed by atoms with Crippen molar-refractivity contribution in [3.05, 3.63) is 65.5 Å². The number of anilines is 1. The Morgan fingerprint density at radius 2 is 1.61 bits per heavy atom. The van der Waals surface area contributed by atoms with Crippen molar-refractivity contribution in [2.75, 3.05) is 17.1 Å². The van der Waals surface area contributed by atoms with Gasteiger partial charge in [0.05, 0.1) is 17.5 Å². The average Bonchev–Trinajstić information content (AvgIpc) is 2.74. The van der Waals surface area contributed by atoms with Gasteiger partial charge in [-0.25, -0.2) is 12.8 Å². The van der Waals surface area contributed by atoms with E-state index in [9.17, 15) is 35.6 Å². The molecule has 0 heterocycles. The standard InChI is InChI=1S/C24H29F4N3O4S/c1-16(22(33)29-23(2,3)4)30(14-17-9-11-19(25)12-10-17)21(32)15-31(36(5,34)35)20-8-6-7-18(13-20)24(26,27)28/h6-13,16H,14-15H2,1-5H3,(H,29,33)/t16-/m0/s1. The number of benzene rings is 2. The van der Waals surface area contributed by atoms with Gasteiger partial charge in [0, 0.05) is 12.1 Å². The molecular formula is C24H29F4N3O4S. The summed E-state index contributed by atoms with van der Waals surface area (Å²) in [7, 11) is -4.19. The summed E-state index contributed by atoms with van der Waals surface area (Å²) in [6, 6.07) is 7.67. The normalized spacial score (nSPS) is 13.1. The number of alkyl halides is 3. The fourth-order valence-corrected chi connectivity index (χ4v) is 4.14. The molecule has 12 heteroatoms. The Hall–Kier alpha value is -3.15. The zero-order valence-electron chi connectivity index (χ0n) is 20.6. The van der Waals surface area contributed by atoms with Crippen LogP contribution in [0.1, 0.15) is 38.8 Å². The number of halogens is 4. The van der Waals surface area contributed by atoms with Crippen molar-refractivity contribution in [1.82, 2.24) is 10.2 Å². The van der Waals surface area contributed by atoms with Crippen LogP contribution < -0.4 is 9.62 Å². The first-order valence-corrected chi connectivity index (χ1v) is 12.7. The van der Waals surface area contributed by atoms with E-state index in [1.807, 2.05) is 0 Å². The van der Waals surface area contributed by atoms with Gasteiger partial charge in [-0.15, -0.1) is 0 Å². The average molecular weight is 532 g/mol. The molecule has 0 aliphatic heterocycles. The number of hydrogen-bond acceptors (Lipinski definition) is 4. The molecule has 36 heavy (non-hydrogen) atoms. The van der Waals surface area contributed by atoms with Crippen LogP contribution in [-0.2, 0) is 32.3 Å². The summed E-state index contributed by atoms with van der Waals surface area (Å²) in [6.07, 6.45) is -3.96. The lowest BCUT2D eigenvalue weighted by Crippen LogP contribution is -2.54. The maximum atomic E-state index is 13.4. The lowest BCUT2D eigenvalue weighted by molar-refractivity contribution is -0.140. The summed E-state index contributed by atoms with van der Waals surface area (Å²) in [5, 5.41) is 2.74. The minimum Gasteiger partial charge on any atom is -0.350 e. The molecule has 0 unspecified atom stereocenters. The molecule has 7 nitrogen and oxygen atoms in total. The first-order valence-electron chi connectivity index (χ1n) is 10.9. The summed E-state index contributed by atoms with van der Waals surface area (Å²) in [5.41, 5.74) is -1.60. The number of carbonyl (C=O) groups excluding carboxylic acids is 2. The van der Waals surface area contributed by atoms with Crippen molar-refractivity contribution >= 4 is 27.5 Å². The molecule has 2 aromatic rings. The van der Waals surface area contributed by atoms with Crippen LogP contribution in [0.3, 0.4) is 0 Å². The second-order valence-corrected chi connectivity index (χ2v) is 11.3. The monoisotopic (exact) mass is 531 g/mol. The van der Waals surface area contributed by atoms with E-state index in [4.69, 9.17) is 0 Å². The Morgan fingerprint density at radius 1 is 1.03 bits per heavy atom. The molecule has 0 bridgehead atoms. The quantitative estimate of drug-likeness (QED) is 0.523. The Labute approximate surface area is 208 Å². The van der Waals surface area contributed by atoms with Gasteiger partial charge in [0.1, 0.15) is 18.4 Å². The van der Waals surface area contributed by atoms with E-state index >= 15 is 0 Å². The molecule has 1 N–H and O–H groups in total. The molecule has 0 saturated heterocycles. The first-order chi connectivity index (χ1) is 16.4. The van der Waals surface area contributed by atoms with E-state index in [1.54, 1.807) is 20.8 Å². The van der Waals surface area contributed by atoms with Gasteiger partial charge in [-0.05, 0) is 63.6 Å². The number of nitrogens with one attached hydrogen (secondary N) is 1. The minimum absolute atomic E-state index is 0.169. The predicted octanol–water partition coefficient (Wildman–Crippen LogP) is 3.94. The Morgan fingerprint density at radius 3 is 2.11 bits per heavy atom. The largest absolute Gasteiger partial charge is 0.416 e. The molecule has 1 atom stereocenters. The molecule has 0 aromatic heterocycles. The lowest BCUT2D eigenvalue weighted by atomic mass is 10.1. The van der Waals surface area contributed by atoms with E-state index in [2.05, 4.69) is 5.32 Å². The second-order valence-electron chi connectivity index (χ2n) is 9.38. The van der Waals surface area contributed by atoms with Crippen molar-refractivity contribution < 1.29 is 35.6 Å². The lowest BCUT2D eigenvalue weighted by Gasteiger charge is -2.33. The summed E-state index contributed by atoms with van der Waals surface area (Å²) < 4.78 is 78.5. The van der Waals surface area contributed by atoms with Gasteiger partial charge >= 0.3 is 6.18 Å². The van der Waals surface area contributed by atoms with E-state index < -0.39 is 57.5 Å². The highest BCUT2D eigenvalue weighted by Gasteiger charge is 2.34. The van der Waals surface area contributed by atoms with Crippen molar-refractivity contribution in [2.45, 2.75) is 52.0 Å². The van der Waals surface area contributed by atoms with E-state index in [-0.39, 0.29) is 12.2 Å². The maximum absolute atomic E-state index is 13.4. The predicted molar refractivity (Wildman–Crippen MR) is 128 cm³/mol. The van der Waals surface area contributed by atoms with Gasteiger partial charge in [0.25, 0.3) is 0 Å². The van der Waals surface area contributed by atoms with Crippen LogP contribution in [0.15, 0.2) is 48.5 Å². The molecule has 0 spiro atoms. The molecule has 0 fully saturated rings. The van der Waals surface area contributed by atoms with Crippen molar-refractivity contribution in [1.29, 1.82) is 0 Å². The summed E-state index contributed by atoms with van der Waals surface area (Å²) >= 11 is 0. The van der Waals surface area contributed by atoms with Gasteiger partial charge in [-0.3, -0.25) is 13.9 Å². The molecule has 0 aliphatic carbocycles. The smallest absolute Gasteiger partial charge is 0.350 e. The number of sulfonamides is 1. The molecule has 0 aliphatic rings. The van der Waals surface area contributed by atoms with Gasteiger partial charge in [-0.2, -0.15) is 13.2 Å². The third-order valence-corrected chi connectivity index (χ3v) is 6.21. The van der Waals surface area contributed by atoms with Crippen LogP contribution in [0.25, 0.3) is 0 Å². The molecule has 2 aromatic carbocycles. The maximum Gasteiger partial charge on any atom is 0.416 e. The Kier molecular flexibility index (Phi) is 8.77. The van der Waals surface area contributed by atoms with Crippen LogP contribution in [0.5, 0.6) is 0 Å². The number of nitrogens with zero attached hydrogens (tertiary/aromatic N) is 2. The second kappa shape index (κ2) is 10.9. The molecular weight excluding hydrogens is 502 g/mol. The Bertz CT molecular complexity index is 1190. The van der Waals surface area contributed by atoms with Crippen molar-refractivity contribution in [3.63, 3.8) is 0 Å². The molecule has 2 rings (SSSR count). The van der Waals surface area contributed by atoms with E-state index in [1.165, 1.54) is 31.2 Å². The highest BCUT2D eigenvalue weighted by atomic mass is 32.2. The molecule has 2 amide bonds. The zero-order chi connectivity index (χ0) is 27.5. The highest BCUT2D eigenvalue weighted by molar-refractivity contribution is 7.92. The van der Waals surface area contributed by atoms with Crippen LogP contribution in [0, 0.1) is 5.82 Å². The molecule has 198 valence electrons. The Balaban J connectivity index is 2.45. The number of rotatable bonds is 8. The third-order valence-electron chi connectivity index (χ3n) is 5.07. The SMILES string of the molecule is C[C@@H](C(=O)NC(C)(C)C)N(Cc1ccc(F)cc1)C(=O)CN(c1cccc(C(F)(F)F)c1)S(C)(=O)=O. The summed E-state index contributed by atoms with van der Waals surface area (Å²) in [5.74, 6) is -1.87. The molecule has 0 radical (unpaired) electrons. The van der Waals surface area contributed by atoms with E-state index in [0.29, 0.717) is 15.9 Å². The van der Waals surface area contributed by atoms with Crippen molar-refractivity contribution in [3.8, 4) is 0 Å². The molecule has 0 saturated carbocycles.